The van der Waals surface area contributed by atoms with Gasteiger partial charge >= 0.3 is 5.97 Å². The molecule has 0 aliphatic rings. The number of carbonyl (C=O) groups is 1. The molecule has 0 saturated carbocycles. The standard InChI is InChI=1S/C29H40O4/c1-3-4-5-6-7-8-9-10-11-12-23-33-28(32)21-22-29(2,24-13-17-26(30)18-14-24)25-15-19-27(31)20-16-25/h3-4,13-20,30-31H,5-12,21-23H2,1-2H3/b4-3+. The minimum absolute atomic E-state index is 0.178. The number of carbonyl (C=O) groups excluding carboxylic acids is 1. The van der Waals surface area contributed by atoms with Gasteiger partial charge in [-0.1, -0.05) is 75.4 Å². The number of aromatic hydroxyl groups is 2. The van der Waals surface area contributed by atoms with Crippen LogP contribution >= 0.6 is 0 Å². The van der Waals surface area contributed by atoms with Crippen LogP contribution in [0.1, 0.15) is 89.2 Å². The summed E-state index contributed by atoms with van der Waals surface area (Å²) in [6.07, 6.45) is 14.7. The number of hydrogen-bond donors (Lipinski definition) is 2. The van der Waals surface area contributed by atoms with Crippen LogP contribution in [0.2, 0.25) is 0 Å². The Morgan fingerprint density at radius 2 is 1.30 bits per heavy atom. The Hall–Kier alpha value is -2.75. The van der Waals surface area contributed by atoms with Crippen molar-refractivity contribution < 1.29 is 19.7 Å². The van der Waals surface area contributed by atoms with E-state index in [1.54, 1.807) is 24.3 Å². The highest BCUT2D eigenvalue weighted by molar-refractivity contribution is 5.69. The molecular weight excluding hydrogens is 412 g/mol. The third-order valence-electron chi connectivity index (χ3n) is 6.35. The third kappa shape index (κ3) is 9.33. The van der Waals surface area contributed by atoms with Crippen molar-refractivity contribution in [3.8, 4) is 11.5 Å². The zero-order valence-corrected chi connectivity index (χ0v) is 20.3. The van der Waals surface area contributed by atoms with Gasteiger partial charge in [-0.05, 0) is 68.0 Å². The molecule has 0 heterocycles. The first-order valence-corrected chi connectivity index (χ1v) is 12.3. The van der Waals surface area contributed by atoms with Gasteiger partial charge in [-0.2, -0.15) is 0 Å². The van der Waals surface area contributed by atoms with Crippen molar-refractivity contribution in [3.05, 3.63) is 71.8 Å². The van der Waals surface area contributed by atoms with E-state index in [9.17, 15) is 15.0 Å². The molecule has 2 aromatic carbocycles. The van der Waals surface area contributed by atoms with Gasteiger partial charge in [0.05, 0.1) is 6.61 Å². The number of benzene rings is 2. The monoisotopic (exact) mass is 452 g/mol. The lowest BCUT2D eigenvalue weighted by Crippen LogP contribution is -2.25. The number of phenols is 2. The molecule has 0 aliphatic heterocycles. The van der Waals surface area contributed by atoms with Gasteiger partial charge in [-0.3, -0.25) is 4.79 Å². The van der Waals surface area contributed by atoms with Crippen molar-refractivity contribution in [2.45, 2.75) is 83.5 Å². The quantitative estimate of drug-likeness (QED) is 0.168. The third-order valence-corrected chi connectivity index (χ3v) is 6.35. The van der Waals surface area contributed by atoms with Crippen molar-refractivity contribution in [1.29, 1.82) is 0 Å². The summed E-state index contributed by atoms with van der Waals surface area (Å²) in [5.41, 5.74) is 1.57. The Balaban J connectivity index is 1.76. The first-order valence-electron chi connectivity index (χ1n) is 12.3. The first kappa shape index (κ1) is 26.5. The zero-order chi connectivity index (χ0) is 23.9. The molecule has 0 unspecified atom stereocenters. The van der Waals surface area contributed by atoms with Crippen molar-refractivity contribution in [3.63, 3.8) is 0 Å². The molecule has 0 fully saturated rings. The molecule has 2 rings (SSSR count). The fourth-order valence-corrected chi connectivity index (χ4v) is 4.14. The Morgan fingerprint density at radius 3 is 1.82 bits per heavy atom. The molecular formula is C29H40O4. The average molecular weight is 453 g/mol. The summed E-state index contributed by atoms with van der Waals surface area (Å²) in [6.45, 7) is 4.63. The van der Waals surface area contributed by atoms with Crippen LogP contribution < -0.4 is 0 Å². The summed E-state index contributed by atoms with van der Waals surface area (Å²) in [6, 6.07) is 14.2. The predicted molar refractivity (Wildman–Crippen MR) is 135 cm³/mol. The minimum atomic E-state index is -0.437. The number of rotatable bonds is 15. The number of unbranched alkanes of at least 4 members (excludes halogenated alkanes) is 7. The SMILES string of the molecule is C/C=C/CCCCCCCCCOC(=O)CCC(C)(c1ccc(O)cc1)c1ccc(O)cc1. The van der Waals surface area contributed by atoms with Gasteiger partial charge in [0, 0.05) is 11.8 Å². The maximum Gasteiger partial charge on any atom is 0.305 e. The highest BCUT2D eigenvalue weighted by atomic mass is 16.5. The van der Waals surface area contributed by atoms with Gasteiger partial charge in [0.2, 0.25) is 0 Å². The van der Waals surface area contributed by atoms with Crippen LogP contribution in [0.4, 0.5) is 0 Å². The fourth-order valence-electron chi connectivity index (χ4n) is 4.14. The number of esters is 1. The predicted octanol–water partition coefficient (Wildman–Crippen LogP) is 7.42. The van der Waals surface area contributed by atoms with Gasteiger partial charge in [0.15, 0.2) is 0 Å². The van der Waals surface area contributed by atoms with E-state index in [-0.39, 0.29) is 17.5 Å². The Labute approximate surface area is 199 Å². The maximum absolute atomic E-state index is 12.4. The maximum atomic E-state index is 12.4. The molecule has 0 radical (unpaired) electrons. The largest absolute Gasteiger partial charge is 0.508 e. The molecule has 0 spiro atoms. The van der Waals surface area contributed by atoms with Crippen LogP contribution in [0.15, 0.2) is 60.7 Å². The molecule has 0 aromatic heterocycles. The van der Waals surface area contributed by atoms with Crippen LogP contribution in [0.25, 0.3) is 0 Å². The molecule has 2 aromatic rings. The van der Waals surface area contributed by atoms with E-state index in [0.717, 1.165) is 24.0 Å². The molecule has 0 bridgehead atoms. The smallest absolute Gasteiger partial charge is 0.305 e. The number of hydrogen-bond acceptors (Lipinski definition) is 4. The summed E-state index contributed by atoms with van der Waals surface area (Å²) in [5, 5.41) is 19.3. The minimum Gasteiger partial charge on any atom is -0.508 e. The Morgan fingerprint density at radius 1 is 0.818 bits per heavy atom. The van der Waals surface area contributed by atoms with Crippen LogP contribution in [0.5, 0.6) is 11.5 Å². The second kappa shape index (κ2) is 14.4. The summed E-state index contributed by atoms with van der Waals surface area (Å²) in [5.74, 6) is 0.238. The molecule has 4 nitrogen and oxygen atoms in total. The van der Waals surface area contributed by atoms with Crippen molar-refractivity contribution in [2.24, 2.45) is 0 Å². The molecule has 2 N–H and O–H groups in total. The molecule has 180 valence electrons. The number of allylic oxidation sites excluding steroid dienone is 2. The molecule has 0 atom stereocenters. The first-order chi connectivity index (χ1) is 16.0. The molecule has 33 heavy (non-hydrogen) atoms. The Kier molecular flexibility index (Phi) is 11.6. The van der Waals surface area contributed by atoms with E-state index in [1.165, 1.54) is 38.5 Å². The molecule has 0 aliphatic carbocycles. The summed E-state index contributed by atoms with van der Waals surface area (Å²) >= 11 is 0. The van der Waals surface area contributed by atoms with Gasteiger partial charge < -0.3 is 14.9 Å². The normalized spacial score (nSPS) is 11.7. The molecule has 0 saturated heterocycles. The zero-order valence-electron chi connectivity index (χ0n) is 20.3. The van der Waals surface area contributed by atoms with E-state index in [2.05, 4.69) is 26.0 Å². The molecule has 0 amide bonds. The van der Waals surface area contributed by atoms with Crippen LogP contribution in [0.3, 0.4) is 0 Å². The van der Waals surface area contributed by atoms with Gasteiger partial charge in [-0.15, -0.1) is 0 Å². The average Bonchev–Trinajstić information content (AvgIpc) is 2.82. The van der Waals surface area contributed by atoms with E-state index in [4.69, 9.17) is 4.74 Å². The van der Waals surface area contributed by atoms with Crippen molar-refractivity contribution in [1.82, 2.24) is 0 Å². The second-order valence-corrected chi connectivity index (χ2v) is 8.98. The van der Waals surface area contributed by atoms with Gasteiger partial charge in [0.25, 0.3) is 0 Å². The van der Waals surface area contributed by atoms with Crippen molar-refractivity contribution in [2.75, 3.05) is 6.61 Å². The lowest BCUT2D eigenvalue weighted by molar-refractivity contribution is -0.144. The van der Waals surface area contributed by atoms with E-state index >= 15 is 0 Å². The lowest BCUT2D eigenvalue weighted by Gasteiger charge is -2.31. The van der Waals surface area contributed by atoms with Gasteiger partial charge in [-0.25, -0.2) is 0 Å². The van der Waals surface area contributed by atoms with Crippen LogP contribution in [0, 0.1) is 0 Å². The van der Waals surface area contributed by atoms with E-state index < -0.39 is 5.41 Å². The van der Waals surface area contributed by atoms with Crippen LogP contribution in [-0.2, 0) is 14.9 Å². The van der Waals surface area contributed by atoms with Crippen LogP contribution in [-0.4, -0.2) is 22.8 Å². The number of ether oxygens (including phenoxy) is 1. The highest BCUT2D eigenvalue weighted by Gasteiger charge is 2.30. The van der Waals surface area contributed by atoms with E-state index in [0.29, 0.717) is 19.4 Å². The van der Waals surface area contributed by atoms with E-state index in [1.807, 2.05) is 24.3 Å². The highest BCUT2D eigenvalue weighted by Crippen LogP contribution is 2.37. The summed E-state index contributed by atoms with van der Waals surface area (Å²) in [7, 11) is 0. The Bertz CT molecular complexity index is 791. The van der Waals surface area contributed by atoms with Crippen molar-refractivity contribution >= 4 is 5.97 Å². The second-order valence-electron chi connectivity index (χ2n) is 8.98. The summed E-state index contributed by atoms with van der Waals surface area (Å²) < 4.78 is 5.49. The number of phenolic OH excluding ortho intramolecular Hbond substituents is 2. The van der Waals surface area contributed by atoms with Gasteiger partial charge in [0.1, 0.15) is 11.5 Å². The summed E-state index contributed by atoms with van der Waals surface area (Å²) in [4.78, 5) is 12.4. The topological polar surface area (TPSA) is 66.8 Å². The fraction of sp³-hybridized carbons (Fsp3) is 0.483. The molecule has 4 heteroatoms. The lowest BCUT2D eigenvalue weighted by atomic mass is 9.73.